The number of benzene rings is 2. The van der Waals surface area contributed by atoms with Gasteiger partial charge >= 0.3 is 0 Å². The molecule has 0 saturated carbocycles. The summed E-state index contributed by atoms with van der Waals surface area (Å²) in [5, 5.41) is 2.84. The molecule has 0 fully saturated rings. The summed E-state index contributed by atoms with van der Waals surface area (Å²) in [4.78, 5) is 25.6. The first-order valence-electron chi connectivity index (χ1n) is 8.32. The molecule has 6 heteroatoms. The van der Waals surface area contributed by atoms with Gasteiger partial charge < -0.3 is 19.7 Å². The number of carbonyl (C=O) groups is 2. The Morgan fingerprint density at radius 3 is 2.19 bits per heavy atom. The minimum Gasteiger partial charge on any atom is -0.491 e. The highest BCUT2D eigenvalue weighted by Crippen LogP contribution is 2.15. The summed E-state index contributed by atoms with van der Waals surface area (Å²) in [6.07, 6.45) is 0.339. The third kappa shape index (κ3) is 5.89. The van der Waals surface area contributed by atoms with E-state index in [4.69, 9.17) is 9.47 Å². The number of amides is 2. The molecular weight excluding hydrogens is 332 g/mol. The number of nitrogens with one attached hydrogen (secondary N) is 1. The van der Waals surface area contributed by atoms with Crippen molar-refractivity contribution in [1.82, 2.24) is 4.90 Å². The van der Waals surface area contributed by atoms with E-state index < -0.39 is 0 Å². The minimum absolute atomic E-state index is 0.0367. The van der Waals surface area contributed by atoms with Gasteiger partial charge in [-0.1, -0.05) is 12.1 Å². The van der Waals surface area contributed by atoms with E-state index in [0.717, 1.165) is 5.56 Å². The molecule has 26 heavy (non-hydrogen) atoms. The standard InChI is InChI=1S/C20H24N2O4/c1-22(2)19(23)14-15-4-8-17(9-5-15)21-20(24)16-6-10-18(11-7-16)26-13-12-25-3/h4-11H,12-14H2,1-3H3,(H,21,24). The second-order valence-corrected chi connectivity index (χ2v) is 5.98. The zero-order chi connectivity index (χ0) is 18.9. The van der Waals surface area contributed by atoms with Gasteiger partial charge in [0.05, 0.1) is 13.0 Å². The number of ether oxygens (including phenoxy) is 2. The van der Waals surface area contributed by atoms with Crippen LogP contribution in [0.5, 0.6) is 5.75 Å². The van der Waals surface area contributed by atoms with Gasteiger partial charge in [-0.25, -0.2) is 0 Å². The van der Waals surface area contributed by atoms with Crippen molar-refractivity contribution in [1.29, 1.82) is 0 Å². The Balaban J connectivity index is 1.91. The maximum absolute atomic E-state index is 12.3. The zero-order valence-electron chi connectivity index (χ0n) is 15.3. The largest absolute Gasteiger partial charge is 0.491 e. The van der Waals surface area contributed by atoms with Crippen LogP contribution < -0.4 is 10.1 Å². The third-order valence-electron chi connectivity index (χ3n) is 3.74. The van der Waals surface area contributed by atoms with Gasteiger partial charge in [-0.2, -0.15) is 0 Å². The van der Waals surface area contributed by atoms with Crippen LogP contribution in [0, 0.1) is 0 Å². The summed E-state index contributed by atoms with van der Waals surface area (Å²) in [7, 11) is 5.07. The van der Waals surface area contributed by atoms with Gasteiger partial charge in [0.1, 0.15) is 12.4 Å². The maximum Gasteiger partial charge on any atom is 0.255 e. The van der Waals surface area contributed by atoms with Gasteiger partial charge in [0.25, 0.3) is 5.91 Å². The van der Waals surface area contributed by atoms with Crippen LogP contribution in [0.1, 0.15) is 15.9 Å². The lowest BCUT2D eigenvalue weighted by atomic mass is 10.1. The molecule has 0 spiro atoms. The Bertz CT molecular complexity index is 724. The molecule has 2 aromatic rings. The van der Waals surface area contributed by atoms with Crippen molar-refractivity contribution in [3.05, 3.63) is 59.7 Å². The molecule has 0 saturated heterocycles. The highest BCUT2D eigenvalue weighted by molar-refractivity contribution is 6.04. The van der Waals surface area contributed by atoms with E-state index >= 15 is 0 Å². The van der Waals surface area contributed by atoms with Crippen LogP contribution in [-0.4, -0.2) is 51.1 Å². The SMILES string of the molecule is COCCOc1ccc(C(=O)Nc2ccc(CC(=O)N(C)C)cc2)cc1. The maximum atomic E-state index is 12.3. The second kappa shape index (κ2) is 9.58. The van der Waals surface area contributed by atoms with Crippen molar-refractivity contribution < 1.29 is 19.1 Å². The number of nitrogens with zero attached hydrogens (tertiary/aromatic N) is 1. The fourth-order valence-electron chi connectivity index (χ4n) is 2.19. The van der Waals surface area contributed by atoms with E-state index in [1.165, 1.54) is 0 Å². The smallest absolute Gasteiger partial charge is 0.255 e. The number of methoxy groups -OCH3 is 1. The molecule has 0 aliphatic heterocycles. The van der Waals surface area contributed by atoms with E-state index in [0.29, 0.717) is 36.6 Å². The monoisotopic (exact) mass is 356 g/mol. The van der Waals surface area contributed by atoms with Gasteiger partial charge in [0, 0.05) is 32.5 Å². The molecule has 0 bridgehead atoms. The first-order valence-corrected chi connectivity index (χ1v) is 8.32. The lowest BCUT2D eigenvalue weighted by molar-refractivity contribution is -0.127. The van der Waals surface area contributed by atoms with Gasteiger partial charge in [0.2, 0.25) is 5.91 Å². The predicted molar refractivity (Wildman–Crippen MR) is 101 cm³/mol. The van der Waals surface area contributed by atoms with E-state index in [9.17, 15) is 9.59 Å². The van der Waals surface area contributed by atoms with Crippen LogP contribution in [0.25, 0.3) is 0 Å². The molecule has 0 aliphatic rings. The van der Waals surface area contributed by atoms with Crippen molar-refractivity contribution in [2.75, 3.05) is 39.7 Å². The van der Waals surface area contributed by atoms with Crippen LogP contribution in [0.15, 0.2) is 48.5 Å². The normalized spacial score (nSPS) is 10.3. The Morgan fingerprint density at radius 1 is 0.962 bits per heavy atom. The molecule has 0 heterocycles. The van der Waals surface area contributed by atoms with E-state index in [1.807, 2.05) is 12.1 Å². The Morgan fingerprint density at radius 2 is 1.62 bits per heavy atom. The van der Waals surface area contributed by atoms with E-state index in [1.54, 1.807) is 62.5 Å². The van der Waals surface area contributed by atoms with Crippen LogP contribution in [-0.2, 0) is 16.0 Å². The Labute approximate surface area is 153 Å². The highest BCUT2D eigenvalue weighted by Gasteiger charge is 2.08. The molecule has 2 rings (SSSR count). The van der Waals surface area contributed by atoms with Crippen molar-refractivity contribution in [3.8, 4) is 5.75 Å². The minimum atomic E-state index is -0.203. The first-order chi connectivity index (χ1) is 12.5. The van der Waals surface area contributed by atoms with Crippen molar-refractivity contribution >= 4 is 17.5 Å². The Hall–Kier alpha value is -2.86. The molecule has 0 radical (unpaired) electrons. The van der Waals surface area contributed by atoms with Crippen LogP contribution in [0.3, 0.4) is 0 Å². The van der Waals surface area contributed by atoms with Crippen LogP contribution >= 0.6 is 0 Å². The quantitative estimate of drug-likeness (QED) is 0.738. The third-order valence-corrected chi connectivity index (χ3v) is 3.74. The summed E-state index contributed by atoms with van der Waals surface area (Å²) < 4.78 is 10.4. The van der Waals surface area contributed by atoms with Gasteiger partial charge in [-0.15, -0.1) is 0 Å². The number of carbonyl (C=O) groups excluding carboxylic acids is 2. The van der Waals surface area contributed by atoms with Gasteiger partial charge in [-0.05, 0) is 42.0 Å². The summed E-state index contributed by atoms with van der Waals surface area (Å²) >= 11 is 0. The number of hydrogen-bond donors (Lipinski definition) is 1. The van der Waals surface area contributed by atoms with Gasteiger partial charge in [0.15, 0.2) is 0 Å². The number of hydrogen-bond acceptors (Lipinski definition) is 4. The highest BCUT2D eigenvalue weighted by atomic mass is 16.5. The van der Waals surface area contributed by atoms with E-state index in [-0.39, 0.29) is 11.8 Å². The summed E-state index contributed by atoms with van der Waals surface area (Å²) in [6.45, 7) is 0.975. The molecule has 6 nitrogen and oxygen atoms in total. The van der Waals surface area contributed by atoms with Crippen molar-refractivity contribution in [3.63, 3.8) is 0 Å². The topological polar surface area (TPSA) is 67.9 Å². The summed E-state index contributed by atoms with van der Waals surface area (Å²) in [6, 6.07) is 14.2. The zero-order valence-corrected chi connectivity index (χ0v) is 15.3. The first kappa shape index (κ1) is 19.5. The predicted octanol–water partition coefficient (Wildman–Crippen LogP) is 2.59. The average molecular weight is 356 g/mol. The van der Waals surface area contributed by atoms with E-state index in [2.05, 4.69) is 5.32 Å². The fraction of sp³-hybridized carbons (Fsp3) is 0.300. The molecule has 138 valence electrons. The molecule has 1 N–H and O–H groups in total. The molecule has 0 aromatic heterocycles. The van der Waals surface area contributed by atoms with Crippen molar-refractivity contribution in [2.24, 2.45) is 0 Å². The molecule has 0 atom stereocenters. The number of anilines is 1. The Kier molecular flexibility index (Phi) is 7.17. The summed E-state index contributed by atoms with van der Waals surface area (Å²) in [5.41, 5.74) is 2.12. The molecular formula is C20H24N2O4. The molecule has 0 aliphatic carbocycles. The fourth-order valence-corrected chi connectivity index (χ4v) is 2.19. The van der Waals surface area contributed by atoms with Crippen molar-refractivity contribution in [2.45, 2.75) is 6.42 Å². The lowest BCUT2D eigenvalue weighted by Crippen LogP contribution is -2.23. The van der Waals surface area contributed by atoms with Crippen LogP contribution in [0.2, 0.25) is 0 Å². The van der Waals surface area contributed by atoms with Gasteiger partial charge in [-0.3, -0.25) is 9.59 Å². The second-order valence-electron chi connectivity index (χ2n) is 5.98. The molecule has 2 amide bonds. The summed E-state index contributed by atoms with van der Waals surface area (Å²) in [5.74, 6) is 0.522. The molecule has 0 unspecified atom stereocenters. The lowest BCUT2D eigenvalue weighted by Gasteiger charge is -2.11. The molecule has 2 aromatic carbocycles. The average Bonchev–Trinajstić information content (AvgIpc) is 2.64. The number of rotatable bonds is 8. The number of likely N-dealkylation sites (N-methyl/N-ethyl adjacent to an activating group) is 1. The van der Waals surface area contributed by atoms with Crippen LogP contribution in [0.4, 0.5) is 5.69 Å².